The van der Waals surface area contributed by atoms with Crippen LogP contribution in [0.1, 0.15) is 31.0 Å². The van der Waals surface area contributed by atoms with Crippen LogP contribution in [0.3, 0.4) is 0 Å². The second kappa shape index (κ2) is 7.72. The van der Waals surface area contributed by atoms with Crippen LogP contribution in [0.2, 0.25) is 0 Å². The lowest BCUT2D eigenvalue weighted by atomic mass is 10.0. The summed E-state index contributed by atoms with van der Waals surface area (Å²) in [5.41, 5.74) is 2.62. The summed E-state index contributed by atoms with van der Waals surface area (Å²) in [5.74, 6) is 2.26. The van der Waals surface area contributed by atoms with E-state index in [1.165, 1.54) is 11.1 Å². The predicted molar refractivity (Wildman–Crippen MR) is 112 cm³/mol. The first-order valence-corrected chi connectivity index (χ1v) is 11.7. The van der Waals surface area contributed by atoms with Crippen LogP contribution in [0.25, 0.3) is 0 Å². The van der Waals surface area contributed by atoms with E-state index in [4.69, 9.17) is 9.52 Å². The summed E-state index contributed by atoms with van der Waals surface area (Å²) in [6.07, 6.45) is 2.62. The van der Waals surface area contributed by atoms with Crippen LogP contribution in [0.4, 0.5) is 5.82 Å². The fraction of sp³-hybridized carbons (Fsp3) is 0.476. The lowest BCUT2D eigenvalue weighted by molar-refractivity contribution is 0.198. The van der Waals surface area contributed by atoms with E-state index >= 15 is 0 Å². The highest BCUT2D eigenvalue weighted by atomic mass is 32.2. The number of fused-ring (bicyclic) bond motifs is 1. The number of benzene rings is 1. The Kier molecular flexibility index (Phi) is 5.29. The minimum absolute atomic E-state index is 0.318. The summed E-state index contributed by atoms with van der Waals surface area (Å²) < 4.78 is 25.8. The molecular weight excluding hydrogens is 372 g/mol. The monoisotopic (exact) mass is 400 g/mol. The second-order valence-corrected chi connectivity index (χ2v) is 9.88. The maximum Gasteiger partial charge on any atom is 0.128 e. The molecule has 0 saturated carbocycles. The van der Waals surface area contributed by atoms with E-state index in [1.807, 2.05) is 6.07 Å². The Morgan fingerprint density at radius 3 is 2.68 bits per heavy atom. The molecule has 1 aromatic heterocycles. The molecule has 0 amide bonds. The number of nitrogens with zero attached hydrogens (tertiary/aromatic N) is 3. The van der Waals surface area contributed by atoms with E-state index in [0.717, 1.165) is 50.8 Å². The van der Waals surface area contributed by atoms with Crippen molar-refractivity contribution in [3.63, 3.8) is 0 Å². The van der Waals surface area contributed by atoms with Gasteiger partial charge < -0.3 is 9.64 Å². The fourth-order valence-electron chi connectivity index (χ4n) is 3.91. The number of piperazine rings is 1. The van der Waals surface area contributed by atoms with Gasteiger partial charge in [0.05, 0.1) is 21.2 Å². The summed E-state index contributed by atoms with van der Waals surface area (Å²) >= 11 is 0. The van der Waals surface area contributed by atoms with Gasteiger partial charge >= 0.3 is 0 Å². The number of anilines is 1. The van der Waals surface area contributed by atoms with Gasteiger partial charge in [0.15, 0.2) is 0 Å². The minimum Gasteiger partial charge on any atom is -0.493 e. The molecule has 0 radical (unpaired) electrons. The maximum absolute atomic E-state index is 12.2. The molecule has 7 heteroatoms. The largest absolute Gasteiger partial charge is 0.493 e. The molecule has 2 aromatic rings. The zero-order chi connectivity index (χ0) is 19.7. The molecule has 6 nitrogen and oxygen atoms in total. The van der Waals surface area contributed by atoms with E-state index in [2.05, 4.69) is 39.9 Å². The van der Waals surface area contributed by atoms with Crippen molar-refractivity contribution in [1.82, 2.24) is 9.88 Å². The highest BCUT2D eigenvalue weighted by Gasteiger charge is 2.24. The third-order valence-electron chi connectivity index (χ3n) is 5.90. The zero-order valence-corrected chi connectivity index (χ0v) is 17.4. The standard InChI is InChI=1S/C21H28N4O2S/c1-3-28(22,26)19-6-7-21(23-15-19)25-11-9-24(10-12-25)16(2)18-5-4-17-8-13-27-20(17)14-18/h4-7,14-16,22H,3,8-13H2,1-2H3. The number of rotatable bonds is 5. The maximum atomic E-state index is 12.2. The molecule has 2 aliphatic rings. The molecule has 1 N–H and O–H groups in total. The Bertz CT molecular complexity index is 935. The minimum atomic E-state index is -2.70. The first kappa shape index (κ1) is 19.2. The molecule has 4 rings (SSSR count). The summed E-state index contributed by atoms with van der Waals surface area (Å²) in [6, 6.07) is 10.7. The van der Waals surface area contributed by atoms with Crippen LogP contribution < -0.4 is 9.64 Å². The average Bonchev–Trinajstić information content (AvgIpc) is 3.21. The quantitative estimate of drug-likeness (QED) is 0.834. The lowest BCUT2D eigenvalue weighted by Crippen LogP contribution is -2.47. The lowest BCUT2D eigenvalue weighted by Gasteiger charge is -2.38. The zero-order valence-electron chi connectivity index (χ0n) is 16.6. The predicted octanol–water partition coefficient (Wildman–Crippen LogP) is 3.33. The number of pyridine rings is 1. The van der Waals surface area contributed by atoms with Crippen molar-refractivity contribution < 1.29 is 8.95 Å². The van der Waals surface area contributed by atoms with Gasteiger partial charge in [-0.1, -0.05) is 19.1 Å². The highest BCUT2D eigenvalue weighted by Crippen LogP contribution is 2.31. The Balaban J connectivity index is 1.39. The molecule has 1 saturated heterocycles. The molecular formula is C21H28N4O2S. The number of hydrogen-bond acceptors (Lipinski definition) is 6. The molecule has 2 atom stereocenters. The summed E-state index contributed by atoms with van der Waals surface area (Å²) in [6.45, 7) is 8.57. The Labute approximate surface area is 167 Å². The van der Waals surface area contributed by atoms with Gasteiger partial charge in [0.25, 0.3) is 0 Å². The Morgan fingerprint density at radius 2 is 2.00 bits per heavy atom. The van der Waals surface area contributed by atoms with Crippen LogP contribution in [-0.4, -0.2) is 52.6 Å². The molecule has 0 bridgehead atoms. The van der Waals surface area contributed by atoms with E-state index in [0.29, 0.717) is 16.7 Å². The molecule has 150 valence electrons. The van der Waals surface area contributed by atoms with Crippen molar-refractivity contribution in [3.05, 3.63) is 47.7 Å². The van der Waals surface area contributed by atoms with Gasteiger partial charge in [0, 0.05) is 50.6 Å². The van der Waals surface area contributed by atoms with Gasteiger partial charge in [-0.2, -0.15) is 0 Å². The molecule has 28 heavy (non-hydrogen) atoms. The molecule has 3 heterocycles. The average molecular weight is 401 g/mol. The van der Waals surface area contributed by atoms with Crippen LogP contribution in [-0.2, 0) is 16.1 Å². The van der Waals surface area contributed by atoms with Gasteiger partial charge in [-0.15, -0.1) is 0 Å². The van der Waals surface area contributed by atoms with Crippen molar-refractivity contribution in [1.29, 1.82) is 4.78 Å². The fourth-order valence-corrected chi connectivity index (χ4v) is 4.76. The summed E-state index contributed by atoms with van der Waals surface area (Å²) in [5, 5.41) is 0. The van der Waals surface area contributed by atoms with Crippen molar-refractivity contribution in [3.8, 4) is 5.75 Å². The van der Waals surface area contributed by atoms with E-state index < -0.39 is 9.73 Å². The van der Waals surface area contributed by atoms with E-state index in [9.17, 15) is 4.21 Å². The van der Waals surface area contributed by atoms with Crippen LogP contribution in [0.15, 0.2) is 41.4 Å². The normalized spacial score (nSPS) is 20.3. The van der Waals surface area contributed by atoms with Crippen LogP contribution >= 0.6 is 0 Å². The first-order chi connectivity index (χ1) is 13.5. The van der Waals surface area contributed by atoms with E-state index in [-0.39, 0.29) is 0 Å². The molecule has 0 aliphatic carbocycles. The van der Waals surface area contributed by atoms with Crippen LogP contribution in [0, 0.1) is 4.78 Å². The Morgan fingerprint density at radius 1 is 1.21 bits per heavy atom. The number of hydrogen-bond donors (Lipinski definition) is 1. The smallest absolute Gasteiger partial charge is 0.128 e. The summed E-state index contributed by atoms with van der Waals surface area (Å²) in [4.78, 5) is 9.75. The van der Waals surface area contributed by atoms with E-state index in [1.54, 1.807) is 19.2 Å². The van der Waals surface area contributed by atoms with Crippen LogP contribution in [0.5, 0.6) is 5.75 Å². The number of nitrogens with one attached hydrogen (secondary N) is 1. The van der Waals surface area contributed by atoms with Crippen molar-refractivity contribution >= 4 is 15.5 Å². The highest BCUT2D eigenvalue weighted by molar-refractivity contribution is 7.92. The topological polar surface area (TPSA) is 69.5 Å². The van der Waals surface area contributed by atoms with Gasteiger partial charge in [-0.3, -0.25) is 4.90 Å². The molecule has 1 fully saturated rings. The Hall–Kier alpha value is -2.12. The van der Waals surface area contributed by atoms with Crippen molar-refractivity contribution in [2.75, 3.05) is 43.4 Å². The van der Waals surface area contributed by atoms with Crippen molar-refractivity contribution in [2.24, 2.45) is 0 Å². The molecule has 0 spiro atoms. The van der Waals surface area contributed by atoms with Crippen molar-refractivity contribution in [2.45, 2.75) is 31.2 Å². The third kappa shape index (κ3) is 3.73. The third-order valence-corrected chi connectivity index (χ3v) is 7.71. The van der Waals surface area contributed by atoms with Gasteiger partial charge in [0.1, 0.15) is 11.6 Å². The van der Waals surface area contributed by atoms with Gasteiger partial charge in [-0.25, -0.2) is 14.0 Å². The first-order valence-electron chi connectivity index (χ1n) is 9.95. The number of aromatic nitrogens is 1. The summed E-state index contributed by atoms with van der Waals surface area (Å²) in [7, 11) is -2.70. The second-order valence-electron chi connectivity index (χ2n) is 7.48. The SMILES string of the molecule is CCS(=N)(=O)c1ccc(N2CCN(C(C)c3ccc4c(c3)OCC4)CC2)nc1. The number of ether oxygens (including phenoxy) is 1. The molecule has 2 unspecified atom stereocenters. The molecule has 1 aromatic carbocycles. The van der Waals surface area contributed by atoms with Gasteiger partial charge in [-0.05, 0) is 36.2 Å². The van der Waals surface area contributed by atoms with Gasteiger partial charge in [0.2, 0.25) is 0 Å². The molecule has 2 aliphatic heterocycles.